The zero-order chi connectivity index (χ0) is 21.8. The molecule has 0 spiro atoms. The molecule has 1 aliphatic heterocycles. The molecular weight excluding hydrogens is 405 g/mol. The van der Waals surface area contributed by atoms with Crippen LogP contribution in [0.5, 0.6) is 5.75 Å². The Kier molecular flexibility index (Phi) is 6.46. The average molecular weight is 432 g/mol. The van der Waals surface area contributed by atoms with E-state index in [1.807, 2.05) is 28.9 Å². The molecule has 0 saturated carbocycles. The van der Waals surface area contributed by atoms with Gasteiger partial charge in [0.2, 0.25) is 0 Å². The predicted molar refractivity (Wildman–Crippen MR) is 113 cm³/mol. The summed E-state index contributed by atoms with van der Waals surface area (Å²) >= 11 is 0. The number of hydrogen-bond donors (Lipinski definition) is 0. The largest absolute Gasteiger partial charge is 0.497 e. The molecule has 166 valence electrons. The molecule has 1 fully saturated rings. The maximum atomic E-state index is 13.0. The van der Waals surface area contributed by atoms with Gasteiger partial charge in [-0.2, -0.15) is 13.2 Å². The quantitative estimate of drug-likeness (QED) is 0.486. The molecule has 0 bridgehead atoms. The van der Waals surface area contributed by atoms with Gasteiger partial charge in [-0.15, -0.1) is 5.10 Å². The van der Waals surface area contributed by atoms with Gasteiger partial charge >= 0.3 is 6.18 Å². The molecule has 8 heteroatoms. The van der Waals surface area contributed by atoms with Crippen molar-refractivity contribution in [1.29, 1.82) is 0 Å². The first-order valence-electron chi connectivity index (χ1n) is 10.7. The Morgan fingerprint density at radius 2 is 1.81 bits per heavy atom. The molecule has 5 nitrogen and oxygen atoms in total. The summed E-state index contributed by atoms with van der Waals surface area (Å²) in [5, 5.41) is 8.44. The highest BCUT2D eigenvalue weighted by atomic mass is 19.4. The Labute approximate surface area is 179 Å². The number of ether oxygens (including phenoxy) is 1. The number of unbranched alkanes of at least 4 members (excludes halogenated alkanes) is 1. The standard InChI is InChI=1S/C23H27F3N4O/c1-31-20-7-8-21-22(16-20)30(28-27-21)12-3-2-11-29-13-9-17(10-14-29)18-5-4-6-19(15-18)23(24,25)26/h4-8,15-17H,2-3,9-14H2,1H3. The molecule has 0 radical (unpaired) electrons. The van der Waals surface area contributed by atoms with Crippen LogP contribution < -0.4 is 4.74 Å². The van der Waals surface area contributed by atoms with Crippen LogP contribution in [0.4, 0.5) is 13.2 Å². The van der Waals surface area contributed by atoms with Gasteiger partial charge in [0.1, 0.15) is 11.3 Å². The number of likely N-dealkylation sites (tertiary alicyclic amines) is 1. The van der Waals surface area contributed by atoms with Gasteiger partial charge < -0.3 is 9.64 Å². The predicted octanol–water partition coefficient (Wildman–Crippen LogP) is 5.12. The molecule has 1 saturated heterocycles. The molecule has 3 aromatic rings. The zero-order valence-electron chi connectivity index (χ0n) is 17.6. The van der Waals surface area contributed by atoms with Gasteiger partial charge in [0.05, 0.1) is 18.2 Å². The van der Waals surface area contributed by atoms with Crippen LogP contribution in [0, 0.1) is 0 Å². The maximum absolute atomic E-state index is 13.0. The number of hydrogen-bond acceptors (Lipinski definition) is 4. The van der Waals surface area contributed by atoms with E-state index in [4.69, 9.17) is 4.74 Å². The zero-order valence-corrected chi connectivity index (χ0v) is 17.6. The highest BCUT2D eigenvalue weighted by Crippen LogP contribution is 2.34. The normalized spacial score (nSPS) is 16.1. The van der Waals surface area contributed by atoms with Crippen molar-refractivity contribution in [2.45, 2.75) is 44.3 Å². The van der Waals surface area contributed by atoms with Crippen LogP contribution in [0.1, 0.15) is 42.7 Å². The number of alkyl halides is 3. The van der Waals surface area contributed by atoms with Crippen LogP contribution in [0.15, 0.2) is 42.5 Å². The van der Waals surface area contributed by atoms with Gasteiger partial charge in [0.25, 0.3) is 0 Å². The summed E-state index contributed by atoms with van der Waals surface area (Å²) in [6, 6.07) is 11.6. The highest BCUT2D eigenvalue weighted by Gasteiger charge is 2.31. The summed E-state index contributed by atoms with van der Waals surface area (Å²) in [7, 11) is 1.64. The fraction of sp³-hybridized carbons (Fsp3) is 0.478. The molecule has 0 N–H and O–H groups in total. The molecule has 2 aromatic carbocycles. The average Bonchev–Trinajstić information content (AvgIpc) is 3.19. The number of aromatic nitrogens is 3. The third kappa shape index (κ3) is 5.18. The first-order valence-corrected chi connectivity index (χ1v) is 10.7. The van der Waals surface area contributed by atoms with Gasteiger partial charge in [0, 0.05) is 12.6 Å². The molecule has 1 aromatic heterocycles. The minimum absolute atomic E-state index is 0.204. The molecular formula is C23H27F3N4O. The summed E-state index contributed by atoms with van der Waals surface area (Å²) in [6.07, 6.45) is -0.455. The molecule has 1 aliphatic rings. The molecule has 0 amide bonds. The Balaban J connectivity index is 1.23. The lowest BCUT2D eigenvalue weighted by Crippen LogP contribution is -2.33. The van der Waals surface area contributed by atoms with Crippen LogP contribution >= 0.6 is 0 Å². The number of benzene rings is 2. The number of halogens is 3. The van der Waals surface area contributed by atoms with E-state index in [-0.39, 0.29) is 5.92 Å². The Morgan fingerprint density at radius 3 is 2.55 bits per heavy atom. The van der Waals surface area contributed by atoms with E-state index in [2.05, 4.69) is 15.2 Å². The van der Waals surface area contributed by atoms with Crippen molar-refractivity contribution in [2.24, 2.45) is 0 Å². The van der Waals surface area contributed by atoms with Crippen molar-refractivity contribution in [3.8, 4) is 5.75 Å². The van der Waals surface area contributed by atoms with Crippen LogP contribution in [0.25, 0.3) is 11.0 Å². The lowest BCUT2D eigenvalue weighted by molar-refractivity contribution is -0.137. The third-order valence-electron chi connectivity index (χ3n) is 6.09. The topological polar surface area (TPSA) is 43.2 Å². The summed E-state index contributed by atoms with van der Waals surface area (Å²) in [5.41, 5.74) is 2.09. The first-order chi connectivity index (χ1) is 14.9. The van der Waals surface area contributed by atoms with E-state index in [1.165, 1.54) is 12.1 Å². The van der Waals surface area contributed by atoms with Crippen LogP contribution in [0.3, 0.4) is 0 Å². The second-order valence-corrected chi connectivity index (χ2v) is 8.11. The van der Waals surface area contributed by atoms with Crippen molar-refractivity contribution in [1.82, 2.24) is 19.9 Å². The van der Waals surface area contributed by atoms with Crippen molar-refractivity contribution in [2.75, 3.05) is 26.7 Å². The lowest BCUT2D eigenvalue weighted by atomic mass is 9.88. The minimum atomic E-state index is -4.28. The number of fused-ring (bicyclic) bond motifs is 1. The van der Waals surface area contributed by atoms with Gasteiger partial charge in [0.15, 0.2) is 0 Å². The third-order valence-corrected chi connectivity index (χ3v) is 6.09. The van der Waals surface area contributed by atoms with Crippen molar-refractivity contribution >= 4 is 11.0 Å². The lowest BCUT2D eigenvalue weighted by Gasteiger charge is -2.32. The summed E-state index contributed by atoms with van der Waals surface area (Å²) in [5.74, 6) is 0.995. The van der Waals surface area contributed by atoms with Crippen molar-refractivity contribution in [3.05, 3.63) is 53.6 Å². The first kappa shape index (κ1) is 21.6. The molecule has 0 aliphatic carbocycles. The Hall–Kier alpha value is -2.61. The van der Waals surface area contributed by atoms with Gasteiger partial charge in [-0.05, 0) is 75.0 Å². The van der Waals surface area contributed by atoms with Crippen molar-refractivity contribution in [3.63, 3.8) is 0 Å². The monoisotopic (exact) mass is 432 g/mol. The fourth-order valence-corrected chi connectivity index (χ4v) is 4.29. The van der Waals surface area contributed by atoms with Crippen LogP contribution in [-0.4, -0.2) is 46.6 Å². The number of aryl methyl sites for hydroxylation is 1. The molecule has 2 heterocycles. The molecule has 31 heavy (non-hydrogen) atoms. The summed E-state index contributed by atoms with van der Waals surface area (Å²) < 4.78 is 46.1. The van der Waals surface area contributed by atoms with Crippen LogP contribution in [-0.2, 0) is 12.7 Å². The second kappa shape index (κ2) is 9.26. The van der Waals surface area contributed by atoms with E-state index in [9.17, 15) is 13.2 Å². The number of nitrogens with zero attached hydrogens (tertiary/aromatic N) is 4. The summed E-state index contributed by atoms with van der Waals surface area (Å²) in [4.78, 5) is 2.41. The fourth-order valence-electron chi connectivity index (χ4n) is 4.29. The highest BCUT2D eigenvalue weighted by molar-refractivity contribution is 5.75. The second-order valence-electron chi connectivity index (χ2n) is 8.11. The van der Waals surface area contributed by atoms with E-state index in [1.54, 1.807) is 7.11 Å². The minimum Gasteiger partial charge on any atom is -0.497 e. The summed E-state index contributed by atoms with van der Waals surface area (Å²) in [6.45, 7) is 3.63. The Bertz CT molecular complexity index is 1010. The van der Waals surface area contributed by atoms with Gasteiger partial charge in [-0.1, -0.05) is 23.4 Å². The number of methoxy groups -OCH3 is 1. The van der Waals surface area contributed by atoms with E-state index in [0.29, 0.717) is 0 Å². The van der Waals surface area contributed by atoms with E-state index < -0.39 is 11.7 Å². The van der Waals surface area contributed by atoms with Crippen LogP contribution in [0.2, 0.25) is 0 Å². The van der Waals surface area contributed by atoms with Gasteiger partial charge in [-0.3, -0.25) is 0 Å². The maximum Gasteiger partial charge on any atom is 0.416 e. The molecule has 0 unspecified atom stereocenters. The molecule has 0 atom stereocenters. The number of rotatable bonds is 7. The SMILES string of the molecule is COc1ccc2nnn(CCCCN3CCC(c4cccc(C(F)(F)F)c4)CC3)c2c1. The van der Waals surface area contributed by atoms with Gasteiger partial charge in [-0.25, -0.2) is 4.68 Å². The van der Waals surface area contributed by atoms with E-state index >= 15 is 0 Å². The Morgan fingerprint density at radius 1 is 1.03 bits per heavy atom. The van der Waals surface area contributed by atoms with Crippen molar-refractivity contribution < 1.29 is 17.9 Å². The smallest absolute Gasteiger partial charge is 0.416 e. The molecule has 4 rings (SSSR count). The van der Waals surface area contributed by atoms with E-state index in [0.717, 1.165) is 80.3 Å². The number of piperidine rings is 1.